The summed E-state index contributed by atoms with van der Waals surface area (Å²) in [6.07, 6.45) is 0.813. The Hall–Kier alpha value is -2.82. The van der Waals surface area contributed by atoms with Gasteiger partial charge in [-0.25, -0.2) is 0 Å². The van der Waals surface area contributed by atoms with Crippen molar-refractivity contribution in [2.45, 2.75) is 6.42 Å². The molecule has 5 heteroatoms. The summed E-state index contributed by atoms with van der Waals surface area (Å²) in [6.45, 7) is 0.816. The fraction of sp³-hybridized carbons (Fsp3) is 0.263. The van der Waals surface area contributed by atoms with Crippen LogP contribution in [0.4, 0.5) is 5.69 Å². The van der Waals surface area contributed by atoms with Gasteiger partial charge in [-0.15, -0.1) is 0 Å². The second kappa shape index (κ2) is 8.72. The van der Waals surface area contributed by atoms with Crippen LogP contribution in [0.3, 0.4) is 0 Å². The number of anilines is 1. The summed E-state index contributed by atoms with van der Waals surface area (Å²) in [5.41, 5.74) is 2.63. The van der Waals surface area contributed by atoms with Gasteiger partial charge in [0.1, 0.15) is 0 Å². The van der Waals surface area contributed by atoms with E-state index >= 15 is 0 Å². The molecule has 2 aromatic carbocycles. The van der Waals surface area contributed by atoms with Crippen LogP contribution in [0.2, 0.25) is 0 Å². The van der Waals surface area contributed by atoms with Crippen LogP contribution in [-0.2, 0) is 11.2 Å². The number of nitrogens with one attached hydrogen (secondary N) is 2. The van der Waals surface area contributed by atoms with Crippen molar-refractivity contribution in [3.05, 3.63) is 65.7 Å². The summed E-state index contributed by atoms with van der Waals surface area (Å²) in [5.74, 6) is -0.0976. The van der Waals surface area contributed by atoms with E-state index in [-0.39, 0.29) is 18.4 Å². The Kier molecular flexibility index (Phi) is 6.37. The molecular formula is C19H23N3O2. The molecule has 0 aliphatic heterocycles. The fourth-order valence-electron chi connectivity index (χ4n) is 2.22. The highest BCUT2D eigenvalue weighted by Crippen LogP contribution is 2.10. The molecule has 0 aliphatic carbocycles. The minimum Gasteiger partial charge on any atom is -0.376 e. The summed E-state index contributed by atoms with van der Waals surface area (Å²) in [6, 6.07) is 17.1. The number of hydrogen-bond donors (Lipinski definition) is 2. The molecule has 0 saturated heterocycles. The van der Waals surface area contributed by atoms with Gasteiger partial charge in [0, 0.05) is 31.9 Å². The first-order chi connectivity index (χ1) is 11.6. The smallest absolute Gasteiger partial charge is 0.253 e. The molecule has 0 unspecified atom stereocenters. The SMILES string of the molecule is CN(C)C(=O)c1ccc(NCC(=O)NCCc2ccccc2)cc1. The largest absolute Gasteiger partial charge is 0.376 e. The highest BCUT2D eigenvalue weighted by atomic mass is 16.2. The summed E-state index contributed by atoms with van der Waals surface area (Å²) >= 11 is 0. The summed E-state index contributed by atoms with van der Waals surface area (Å²) in [4.78, 5) is 25.2. The lowest BCUT2D eigenvalue weighted by Gasteiger charge is -2.11. The van der Waals surface area contributed by atoms with E-state index in [1.54, 1.807) is 38.4 Å². The normalized spacial score (nSPS) is 10.1. The molecule has 0 saturated carbocycles. The molecule has 2 rings (SSSR count). The Morgan fingerprint density at radius 1 is 0.958 bits per heavy atom. The number of amides is 2. The lowest BCUT2D eigenvalue weighted by atomic mass is 10.1. The van der Waals surface area contributed by atoms with Crippen molar-refractivity contribution < 1.29 is 9.59 Å². The van der Waals surface area contributed by atoms with Crippen LogP contribution in [-0.4, -0.2) is 43.9 Å². The highest BCUT2D eigenvalue weighted by Gasteiger charge is 2.07. The van der Waals surface area contributed by atoms with Crippen LogP contribution in [0.25, 0.3) is 0 Å². The van der Waals surface area contributed by atoms with Crippen molar-refractivity contribution in [1.29, 1.82) is 0 Å². The number of hydrogen-bond acceptors (Lipinski definition) is 3. The summed E-state index contributed by atoms with van der Waals surface area (Å²) in [7, 11) is 3.43. The number of rotatable bonds is 7. The lowest BCUT2D eigenvalue weighted by Crippen LogP contribution is -2.31. The van der Waals surface area contributed by atoms with E-state index in [0.717, 1.165) is 12.1 Å². The molecule has 0 spiro atoms. The van der Waals surface area contributed by atoms with Crippen LogP contribution in [0.1, 0.15) is 15.9 Å². The third-order valence-electron chi connectivity index (χ3n) is 3.57. The van der Waals surface area contributed by atoms with E-state index in [2.05, 4.69) is 10.6 Å². The van der Waals surface area contributed by atoms with E-state index in [0.29, 0.717) is 12.1 Å². The first-order valence-corrected chi connectivity index (χ1v) is 7.92. The number of carbonyl (C=O) groups is 2. The zero-order valence-corrected chi connectivity index (χ0v) is 14.1. The van der Waals surface area contributed by atoms with Gasteiger partial charge in [-0.1, -0.05) is 30.3 Å². The molecule has 0 heterocycles. The Bertz CT molecular complexity index is 667. The van der Waals surface area contributed by atoms with Crippen LogP contribution < -0.4 is 10.6 Å². The average molecular weight is 325 g/mol. The minimum absolute atomic E-state index is 0.0415. The van der Waals surface area contributed by atoms with Gasteiger partial charge in [0.2, 0.25) is 5.91 Å². The molecular weight excluding hydrogens is 302 g/mol. The molecule has 2 amide bonds. The Morgan fingerprint density at radius 3 is 2.25 bits per heavy atom. The predicted octanol–water partition coefficient (Wildman–Crippen LogP) is 2.16. The van der Waals surface area contributed by atoms with Crippen molar-refractivity contribution in [1.82, 2.24) is 10.2 Å². The van der Waals surface area contributed by atoms with Gasteiger partial charge in [-0.2, -0.15) is 0 Å². The predicted molar refractivity (Wildman–Crippen MR) is 96.1 cm³/mol. The standard InChI is InChI=1S/C19H23N3O2/c1-22(2)19(24)16-8-10-17(11-9-16)21-14-18(23)20-13-12-15-6-4-3-5-7-15/h3-11,21H,12-14H2,1-2H3,(H,20,23). The van der Waals surface area contributed by atoms with Gasteiger partial charge in [-0.3, -0.25) is 9.59 Å². The topological polar surface area (TPSA) is 61.4 Å². The van der Waals surface area contributed by atoms with Gasteiger partial charge in [-0.05, 0) is 36.2 Å². The summed E-state index contributed by atoms with van der Waals surface area (Å²) < 4.78 is 0. The highest BCUT2D eigenvalue weighted by molar-refractivity contribution is 5.94. The second-order valence-electron chi connectivity index (χ2n) is 5.72. The van der Waals surface area contributed by atoms with E-state index < -0.39 is 0 Å². The molecule has 0 bridgehead atoms. The molecule has 126 valence electrons. The van der Waals surface area contributed by atoms with Crippen LogP contribution >= 0.6 is 0 Å². The van der Waals surface area contributed by atoms with Crippen LogP contribution in [0.5, 0.6) is 0 Å². The molecule has 5 nitrogen and oxygen atoms in total. The molecule has 0 atom stereocenters. The molecule has 24 heavy (non-hydrogen) atoms. The van der Waals surface area contributed by atoms with E-state index in [1.165, 1.54) is 10.5 Å². The minimum atomic E-state index is -0.0561. The molecule has 0 fully saturated rings. The van der Waals surface area contributed by atoms with Crippen LogP contribution in [0, 0.1) is 0 Å². The first kappa shape index (κ1) is 17.5. The molecule has 0 aliphatic rings. The fourth-order valence-corrected chi connectivity index (χ4v) is 2.22. The second-order valence-corrected chi connectivity index (χ2v) is 5.72. The maximum atomic E-state index is 11.8. The number of nitrogens with zero attached hydrogens (tertiary/aromatic N) is 1. The molecule has 2 N–H and O–H groups in total. The Morgan fingerprint density at radius 2 is 1.62 bits per heavy atom. The molecule has 2 aromatic rings. The van der Waals surface area contributed by atoms with Crippen molar-refractivity contribution in [2.24, 2.45) is 0 Å². The van der Waals surface area contributed by atoms with Gasteiger partial charge in [0.05, 0.1) is 6.54 Å². The zero-order chi connectivity index (χ0) is 17.4. The quantitative estimate of drug-likeness (QED) is 0.820. The van der Waals surface area contributed by atoms with Crippen molar-refractivity contribution >= 4 is 17.5 Å². The maximum Gasteiger partial charge on any atom is 0.253 e. The van der Waals surface area contributed by atoms with Crippen molar-refractivity contribution in [3.8, 4) is 0 Å². The van der Waals surface area contributed by atoms with Gasteiger partial charge < -0.3 is 15.5 Å². The monoisotopic (exact) mass is 325 g/mol. The van der Waals surface area contributed by atoms with Crippen LogP contribution in [0.15, 0.2) is 54.6 Å². The Balaban J connectivity index is 1.72. The van der Waals surface area contributed by atoms with Gasteiger partial charge >= 0.3 is 0 Å². The zero-order valence-electron chi connectivity index (χ0n) is 14.1. The number of benzene rings is 2. The molecule has 0 aromatic heterocycles. The van der Waals surface area contributed by atoms with Crippen molar-refractivity contribution in [2.75, 3.05) is 32.5 Å². The number of carbonyl (C=O) groups excluding carboxylic acids is 2. The average Bonchev–Trinajstić information content (AvgIpc) is 2.60. The third kappa shape index (κ3) is 5.43. The van der Waals surface area contributed by atoms with E-state index in [9.17, 15) is 9.59 Å². The Labute approximate surface area is 142 Å². The third-order valence-corrected chi connectivity index (χ3v) is 3.57. The molecule has 0 radical (unpaired) electrons. The first-order valence-electron chi connectivity index (χ1n) is 7.92. The van der Waals surface area contributed by atoms with Gasteiger partial charge in [0.25, 0.3) is 5.91 Å². The maximum absolute atomic E-state index is 11.8. The van der Waals surface area contributed by atoms with Crippen molar-refractivity contribution in [3.63, 3.8) is 0 Å². The lowest BCUT2D eigenvalue weighted by molar-refractivity contribution is -0.119. The van der Waals surface area contributed by atoms with E-state index in [4.69, 9.17) is 0 Å². The van der Waals surface area contributed by atoms with Gasteiger partial charge in [0.15, 0.2) is 0 Å². The summed E-state index contributed by atoms with van der Waals surface area (Å²) in [5, 5.41) is 5.94. The van der Waals surface area contributed by atoms with E-state index in [1.807, 2.05) is 30.3 Å².